The number of urea groups is 1. The molecule has 2 saturated heterocycles. The van der Waals surface area contributed by atoms with Gasteiger partial charge in [0, 0.05) is 19.7 Å². The summed E-state index contributed by atoms with van der Waals surface area (Å²) in [5, 5.41) is 12.1. The van der Waals surface area contributed by atoms with Crippen molar-refractivity contribution in [2.24, 2.45) is 5.92 Å². The van der Waals surface area contributed by atoms with Crippen molar-refractivity contribution >= 4 is 12.0 Å². The highest BCUT2D eigenvalue weighted by atomic mass is 16.5. The van der Waals surface area contributed by atoms with Crippen LogP contribution in [-0.2, 0) is 14.3 Å². The molecule has 120 valence electrons. The predicted octanol–water partition coefficient (Wildman–Crippen LogP) is 0.685. The lowest BCUT2D eigenvalue weighted by Crippen LogP contribution is -2.53. The quantitative estimate of drug-likeness (QED) is 0.800. The van der Waals surface area contributed by atoms with Gasteiger partial charge < -0.3 is 24.8 Å². The first-order valence-corrected chi connectivity index (χ1v) is 7.28. The van der Waals surface area contributed by atoms with Crippen molar-refractivity contribution in [2.45, 2.75) is 44.4 Å². The number of carboxylic acids is 1. The summed E-state index contributed by atoms with van der Waals surface area (Å²) < 4.78 is 10.8. The van der Waals surface area contributed by atoms with Crippen LogP contribution in [0.5, 0.6) is 0 Å². The van der Waals surface area contributed by atoms with E-state index < -0.39 is 17.9 Å². The van der Waals surface area contributed by atoms with E-state index in [-0.39, 0.29) is 30.9 Å². The number of carbonyl (C=O) groups is 2. The maximum Gasteiger partial charge on any atom is 0.317 e. The molecule has 0 aromatic rings. The van der Waals surface area contributed by atoms with E-state index in [0.717, 1.165) is 12.8 Å². The summed E-state index contributed by atoms with van der Waals surface area (Å²) in [6, 6.07) is -0.621. The fraction of sp³-hybridized carbons (Fsp3) is 0.857. The average molecular weight is 300 g/mol. The molecule has 21 heavy (non-hydrogen) atoms. The Kier molecular flexibility index (Phi) is 4.73. The monoisotopic (exact) mass is 300 g/mol. The number of carboxylic acid groups (broad SMARTS) is 1. The SMILES string of the molecule is CN(C(=O)NC1CCOC(C)(C)C1)C1COCC1C(=O)O. The third kappa shape index (κ3) is 3.85. The topological polar surface area (TPSA) is 88.1 Å². The molecule has 0 spiro atoms. The molecule has 0 aromatic heterocycles. The van der Waals surface area contributed by atoms with Crippen molar-refractivity contribution in [3.63, 3.8) is 0 Å². The maximum atomic E-state index is 12.3. The summed E-state index contributed by atoms with van der Waals surface area (Å²) >= 11 is 0. The van der Waals surface area contributed by atoms with E-state index in [1.165, 1.54) is 4.90 Å². The Hall–Kier alpha value is -1.34. The number of nitrogens with zero attached hydrogens (tertiary/aromatic N) is 1. The number of hydrogen-bond acceptors (Lipinski definition) is 4. The van der Waals surface area contributed by atoms with E-state index in [1.807, 2.05) is 13.8 Å². The van der Waals surface area contributed by atoms with E-state index in [0.29, 0.717) is 6.61 Å². The molecule has 2 N–H and O–H groups in total. The molecule has 3 atom stereocenters. The number of aliphatic carboxylic acids is 1. The number of nitrogens with one attached hydrogen (secondary N) is 1. The minimum Gasteiger partial charge on any atom is -0.481 e. The van der Waals surface area contributed by atoms with Gasteiger partial charge in [0.05, 0.1) is 24.9 Å². The second-order valence-corrected chi connectivity index (χ2v) is 6.41. The summed E-state index contributed by atoms with van der Waals surface area (Å²) in [6.07, 6.45) is 1.52. The molecule has 2 aliphatic heterocycles. The molecule has 2 heterocycles. The van der Waals surface area contributed by atoms with Crippen LogP contribution in [0.25, 0.3) is 0 Å². The number of amides is 2. The Morgan fingerprint density at radius 1 is 1.33 bits per heavy atom. The van der Waals surface area contributed by atoms with Crippen LogP contribution in [0, 0.1) is 5.92 Å². The van der Waals surface area contributed by atoms with Gasteiger partial charge in [-0.2, -0.15) is 0 Å². The summed E-state index contributed by atoms with van der Waals surface area (Å²) in [6.45, 7) is 5.04. The van der Waals surface area contributed by atoms with Gasteiger partial charge in [-0.05, 0) is 26.7 Å². The molecule has 0 saturated carbocycles. The number of ether oxygens (including phenoxy) is 2. The Bertz CT molecular complexity index is 412. The highest BCUT2D eigenvalue weighted by Gasteiger charge is 2.39. The van der Waals surface area contributed by atoms with Crippen LogP contribution in [0.1, 0.15) is 26.7 Å². The van der Waals surface area contributed by atoms with Crippen LogP contribution in [0.15, 0.2) is 0 Å². The first-order chi connectivity index (χ1) is 9.80. The van der Waals surface area contributed by atoms with E-state index in [4.69, 9.17) is 14.6 Å². The van der Waals surface area contributed by atoms with Gasteiger partial charge in [-0.3, -0.25) is 4.79 Å². The molecular weight excluding hydrogens is 276 g/mol. The lowest BCUT2D eigenvalue weighted by Gasteiger charge is -2.37. The number of hydrogen-bond donors (Lipinski definition) is 2. The van der Waals surface area contributed by atoms with Crippen LogP contribution < -0.4 is 5.32 Å². The van der Waals surface area contributed by atoms with Crippen LogP contribution in [0.3, 0.4) is 0 Å². The molecule has 2 fully saturated rings. The number of likely N-dealkylation sites (N-methyl/N-ethyl adjacent to an activating group) is 1. The molecule has 3 unspecified atom stereocenters. The largest absolute Gasteiger partial charge is 0.481 e. The van der Waals surface area contributed by atoms with Gasteiger partial charge in [0.2, 0.25) is 0 Å². The molecule has 0 aliphatic carbocycles. The highest BCUT2D eigenvalue weighted by molar-refractivity contribution is 5.77. The van der Waals surface area contributed by atoms with Gasteiger partial charge >= 0.3 is 12.0 Å². The molecule has 7 nitrogen and oxygen atoms in total. The Morgan fingerprint density at radius 2 is 2.05 bits per heavy atom. The summed E-state index contributed by atoms with van der Waals surface area (Å²) in [7, 11) is 1.62. The van der Waals surface area contributed by atoms with Crippen molar-refractivity contribution in [3.05, 3.63) is 0 Å². The van der Waals surface area contributed by atoms with Gasteiger partial charge in [0.25, 0.3) is 0 Å². The summed E-state index contributed by atoms with van der Waals surface area (Å²) in [5.74, 6) is -1.59. The molecule has 0 radical (unpaired) electrons. The van der Waals surface area contributed by atoms with Gasteiger partial charge in [-0.15, -0.1) is 0 Å². The molecule has 2 rings (SSSR count). The van der Waals surface area contributed by atoms with Crippen molar-refractivity contribution in [1.29, 1.82) is 0 Å². The third-order valence-corrected chi connectivity index (χ3v) is 4.21. The Balaban J connectivity index is 1.92. The zero-order valence-electron chi connectivity index (χ0n) is 12.8. The Morgan fingerprint density at radius 3 is 2.67 bits per heavy atom. The third-order valence-electron chi connectivity index (χ3n) is 4.21. The molecule has 0 bridgehead atoms. The second-order valence-electron chi connectivity index (χ2n) is 6.41. The highest BCUT2D eigenvalue weighted by Crippen LogP contribution is 2.24. The molecular formula is C14H24N2O5. The van der Waals surface area contributed by atoms with Crippen molar-refractivity contribution < 1.29 is 24.2 Å². The predicted molar refractivity (Wildman–Crippen MR) is 75.1 cm³/mol. The zero-order valence-corrected chi connectivity index (χ0v) is 12.8. The fourth-order valence-electron chi connectivity index (χ4n) is 2.94. The van der Waals surface area contributed by atoms with Crippen LogP contribution in [0.2, 0.25) is 0 Å². The van der Waals surface area contributed by atoms with Crippen LogP contribution >= 0.6 is 0 Å². The fourth-order valence-corrected chi connectivity index (χ4v) is 2.94. The van der Waals surface area contributed by atoms with E-state index >= 15 is 0 Å². The average Bonchev–Trinajstić information content (AvgIpc) is 2.85. The minimum absolute atomic E-state index is 0.0503. The second kappa shape index (κ2) is 6.19. The van der Waals surface area contributed by atoms with E-state index in [2.05, 4.69) is 5.32 Å². The van der Waals surface area contributed by atoms with Gasteiger partial charge in [-0.25, -0.2) is 4.79 Å². The summed E-state index contributed by atoms with van der Waals surface area (Å²) in [4.78, 5) is 24.9. The molecule has 2 aliphatic rings. The number of carbonyl (C=O) groups excluding carboxylic acids is 1. The lowest BCUT2D eigenvalue weighted by molar-refractivity contribution is -0.142. The van der Waals surface area contributed by atoms with Crippen molar-refractivity contribution in [2.75, 3.05) is 26.9 Å². The first kappa shape index (κ1) is 16.0. The normalized spacial score (nSPS) is 31.7. The smallest absolute Gasteiger partial charge is 0.317 e. The van der Waals surface area contributed by atoms with E-state index in [9.17, 15) is 9.59 Å². The van der Waals surface area contributed by atoms with Gasteiger partial charge in [-0.1, -0.05) is 0 Å². The van der Waals surface area contributed by atoms with Gasteiger partial charge in [0.15, 0.2) is 0 Å². The van der Waals surface area contributed by atoms with Crippen LogP contribution in [0.4, 0.5) is 4.79 Å². The Labute approximate surface area is 124 Å². The molecule has 7 heteroatoms. The van der Waals surface area contributed by atoms with E-state index in [1.54, 1.807) is 7.05 Å². The lowest BCUT2D eigenvalue weighted by atomic mass is 9.94. The van der Waals surface area contributed by atoms with Crippen LogP contribution in [-0.4, -0.2) is 66.6 Å². The molecule has 2 amide bonds. The molecule has 0 aromatic carbocycles. The first-order valence-electron chi connectivity index (χ1n) is 7.28. The minimum atomic E-state index is -0.927. The van der Waals surface area contributed by atoms with Crippen molar-refractivity contribution in [3.8, 4) is 0 Å². The van der Waals surface area contributed by atoms with Gasteiger partial charge in [0.1, 0.15) is 5.92 Å². The standard InChI is InChI=1S/C14H24N2O5/c1-14(2)6-9(4-5-21-14)15-13(19)16(3)11-8-20-7-10(11)12(17)18/h9-11H,4-8H2,1-3H3,(H,15,19)(H,17,18). The van der Waals surface area contributed by atoms with Crippen molar-refractivity contribution in [1.82, 2.24) is 10.2 Å². The zero-order chi connectivity index (χ0) is 15.6. The summed E-state index contributed by atoms with van der Waals surface area (Å²) in [5.41, 5.74) is -0.241. The maximum absolute atomic E-state index is 12.3. The number of rotatable bonds is 3.